The number of aryl methyl sites for hydroxylation is 1. The van der Waals surface area contributed by atoms with Crippen LogP contribution < -0.4 is 10.0 Å². The molecule has 148 valence electrons. The molecule has 0 spiro atoms. The molecule has 0 aliphatic rings. The zero-order valence-corrected chi connectivity index (χ0v) is 16.9. The number of sulfonamides is 1. The maximum atomic E-state index is 12.3. The van der Waals surface area contributed by atoms with Gasteiger partial charge >= 0.3 is 0 Å². The summed E-state index contributed by atoms with van der Waals surface area (Å²) in [6.07, 6.45) is 6.75. The SMILES string of the molecule is O=C(NCCCn1ccnc1)c1ccc(S(=O)(=O)NCCc2cccs2)cc1. The molecule has 0 bridgehead atoms. The second-order valence-corrected chi connectivity index (χ2v) is 8.96. The number of imidazole rings is 1. The van der Waals surface area contributed by atoms with Gasteiger partial charge in [-0.25, -0.2) is 18.1 Å². The normalized spacial score (nSPS) is 11.4. The molecule has 3 aromatic rings. The van der Waals surface area contributed by atoms with E-state index in [0.717, 1.165) is 17.8 Å². The highest BCUT2D eigenvalue weighted by atomic mass is 32.2. The van der Waals surface area contributed by atoms with Crippen LogP contribution in [0.15, 0.2) is 65.4 Å². The number of hydrogen-bond donors (Lipinski definition) is 2. The van der Waals surface area contributed by atoms with Crippen molar-refractivity contribution in [2.45, 2.75) is 24.3 Å². The van der Waals surface area contributed by atoms with Crippen molar-refractivity contribution in [3.63, 3.8) is 0 Å². The zero-order valence-electron chi connectivity index (χ0n) is 15.2. The lowest BCUT2D eigenvalue weighted by molar-refractivity contribution is 0.0952. The molecule has 0 radical (unpaired) electrons. The third kappa shape index (κ3) is 5.75. The largest absolute Gasteiger partial charge is 0.352 e. The van der Waals surface area contributed by atoms with E-state index in [4.69, 9.17) is 0 Å². The van der Waals surface area contributed by atoms with Gasteiger partial charge in [-0.1, -0.05) is 6.07 Å². The van der Waals surface area contributed by atoms with Crippen molar-refractivity contribution in [1.82, 2.24) is 19.6 Å². The average molecular weight is 419 g/mol. The van der Waals surface area contributed by atoms with Gasteiger partial charge in [0.2, 0.25) is 10.0 Å². The summed E-state index contributed by atoms with van der Waals surface area (Å²) in [4.78, 5) is 17.4. The van der Waals surface area contributed by atoms with Crippen molar-refractivity contribution in [3.05, 3.63) is 70.9 Å². The van der Waals surface area contributed by atoms with Crippen molar-refractivity contribution >= 4 is 27.3 Å². The number of nitrogens with one attached hydrogen (secondary N) is 2. The molecule has 3 rings (SSSR count). The second kappa shape index (κ2) is 9.63. The number of rotatable bonds is 10. The van der Waals surface area contributed by atoms with Gasteiger partial charge in [-0.3, -0.25) is 4.79 Å². The molecule has 1 aromatic carbocycles. The summed E-state index contributed by atoms with van der Waals surface area (Å²) >= 11 is 1.60. The van der Waals surface area contributed by atoms with Crippen molar-refractivity contribution < 1.29 is 13.2 Å². The maximum Gasteiger partial charge on any atom is 0.251 e. The number of nitrogens with zero attached hydrogens (tertiary/aromatic N) is 2. The minimum absolute atomic E-state index is 0.148. The van der Waals surface area contributed by atoms with E-state index in [1.54, 1.807) is 23.9 Å². The number of carbonyl (C=O) groups is 1. The van der Waals surface area contributed by atoms with Gasteiger partial charge in [0, 0.05) is 42.5 Å². The molecule has 0 atom stereocenters. The van der Waals surface area contributed by atoms with Crippen LogP contribution in [-0.4, -0.2) is 37.0 Å². The van der Waals surface area contributed by atoms with Gasteiger partial charge in [-0.2, -0.15) is 0 Å². The van der Waals surface area contributed by atoms with Crippen LogP contribution in [0, 0.1) is 0 Å². The first-order valence-corrected chi connectivity index (χ1v) is 11.3. The van der Waals surface area contributed by atoms with Gasteiger partial charge in [0.1, 0.15) is 0 Å². The van der Waals surface area contributed by atoms with Crippen LogP contribution in [0.25, 0.3) is 0 Å². The quantitative estimate of drug-likeness (QED) is 0.494. The van der Waals surface area contributed by atoms with Crippen LogP contribution in [0.3, 0.4) is 0 Å². The Labute approximate surface area is 168 Å². The van der Waals surface area contributed by atoms with Gasteiger partial charge in [0.15, 0.2) is 0 Å². The lowest BCUT2D eigenvalue weighted by Gasteiger charge is -2.08. The standard InChI is InChI=1S/C19H22N4O3S2/c24-19(21-9-2-12-23-13-11-20-15-23)16-4-6-18(7-5-16)28(25,26)22-10-8-17-3-1-14-27-17/h1,3-7,11,13-15,22H,2,8-10,12H2,(H,21,24). The fourth-order valence-corrected chi connectivity index (χ4v) is 4.36. The highest BCUT2D eigenvalue weighted by Gasteiger charge is 2.14. The summed E-state index contributed by atoms with van der Waals surface area (Å²) in [5.41, 5.74) is 0.431. The molecule has 2 heterocycles. The number of thiophene rings is 1. The van der Waals surface area contributed by atoms with E-state index in [2.05, 4.69) is 15.0 Å². The van der Waals surface area contributed by atoms with E-state index in [0.29, 0.717) is 25.1 Å². The Morgan fingerprint density at radius 3 is 2.64 bits per heavy atom. The molecule has 1 amide bonds. The van der Waals surface area contributed by atoms with Gasteiger partial charge in [0.05, 0.1) is 11.2 Å². The van der Waals surface area contributed by atoms with Crippen LogP contribution in [0.5, 0.6) is 0 Å². The molecule has 0 aliphatic heterocycles. The van der Waals surface area contributed by atoms with Crippen molar-refractivity contribution in [1.29, 1.82) is 0 Å². The summed E-state index contributed by atoms with van der Waals surface area (Å²) in [5, 5.41) is 4.80. The molecule has 2 N–H and O–H groups in total. The summed E-state index contributed by atoms with van der Waals surface area (Å²) < 4.78 is 29.2. The summed E-state index contributed by atoms with van der Waals surface area (Å²) in [5.74, 6) is -0.222. The van der Waals surface area contributed by atoms with Crippen LogP contribution in [0.2, 0.25) is 0 Å². The zero-order chi connectivity index (χ0) is 19.8. The molecule has 0 saturated carbocycles. The molecule has 28 heavy (non-hydrogen) atoms. The van der Waals surface area contributed by atoms with Crippen molar-refractivity contribution in [2.75, 3.05) is 13.1 Å². The van der Waals surface area contributed by atoms with E-state index in [1.165, 1.54) is 24.3 Å². The first-order valence-electron chi connectivity index (χ1n) is 8.91. The van der Waals surface area contributed by atoms with Crippen LogP contribution in [0.4, 0.5) is 0 Å². The predicted octanol–water partition coefficient (Wildman–Crippen LogP) is 2.29. The van der Waals surface area contributed by atoms with Crippen LogP contribution in [-0.2, 0) is 23.0 Å². The van der Waals surface area contributed by atoms with Gasteiger partial charge in [-0.05, 0) is 48.6 Å². The Morgan fingerprint density at radius 2 is 1.96 bits per heavy atom. The third-order valence-electron chi connectivity index (χ3n) is 4.11. The van der Waals surface area contributed by atoms with Gasteiger partial charge < -0.3 is 9.88 Å². The van der Waals surface area contributed by atoms with E-state index in [9.17, 15) is 13.2 Å². The first kappa shape index (κ1) is 20.2. The summed E-state index contributed by atoms with van der Waals surface area (Å²) in [6, 6.07) is 9.87. The monoisotopic (exact) mass is 418 g/mol. The summed E-state index contributed by atoms with van der Waals surface area (Å²) in [7, 11) is -3.59. The minimum atomic E-state index is -3.59. The van der Waals surface area contributed by atoms with E-state index < -0.39 is 10.0 Å². The number of aromatic nitrogens is 2. The molecule has 0 fully saturated rings. The number of hydrogen-bond acceptors (Lipinski definition) is 5. The first-order chi connectivity index (χ1) is 13.5. The highest BCUT2D eigenvalue weighted by molar-refractivity contribution is 7.89. The molecular formula is C19H22N4O3S2. The third-order valence-corrected chi connectivity index (χ3v) is 6.52. The predicted molar refractivity (Wildman–Crippen MR) is 109 cm³/mol. The number of benzene rings is 1. The lowest BCUT2D eigenvalue weighted by Crippen LogP contribution is -2.27. The number of carbonyl (C=O) groups excluding carboxylic acids is 1. The second-order valence-electron chi connectivity index (χ2n) is 6.16. The van der Waals surface area contributed by atoms with Gasteiger partial charge in [-0.15, -0.1) is 11.3 Å². The molecule has 7 nitrogen and oxygen atoms in total. The maximum absolute atomic E-state index is 12.3. The van der Waals surface area contributed by atoms with E-state index in [-0.39, 0.29) is 10.8 Å². The lowest BCUT2D eigenvalue weighted by atomic mass is 10.2. The Morgan fingerprint density at radius 1 is 1.14 bits per heavy atom. The van der Waals surface area contributed by atoms with Crippen LogP contribution >= 0.6 is 11.3 Å². The molecule has 0 aliphatic carbocycles. The molecule has 2 aromatic heterocycles. The molecule has 0 unspecified atom stereocenters. The summed E-state index contributed by atoms with van der Waals surface area (Å²) in [6.45, 7) is 1.64. The topological polar surface area (TPSA) is 93.1 Å². The van der Waals surface area contributed by atoms with E-state index >= 15 is 0 Å². The van der Waals surface area contributed by atoms with Crippen molar-refractivity contribution in [3.8, 4) is 0 Å². The van der Waals surface area contributed by atoms with Crippen molar-refractivity contribution in [2.24, 2.45) is 0 Å². The minimum Gasteiger partial charge on any atom is -0.352 e. The van der Waals surface area contributed by atoms with E-state index in [1.807, 2.05) is 28.3 Å². The number of amides is 1. The van der Waals surface area contributed by atoms with Crippen LogP contribution in [0.1, 0.15) is 21.7 Å². The van der Waals surface area contributed by atoms with Gasteiger partial charge in [0.25, 0.3) is 5.91 Å². The fraction of sp³-hybridized carbons (Fsp3) is 0.263. The average Bonchev–Trinajstić information content (AvgIpc) is 3.39. The fourth-order valence-electron chi connectivity index (χ4n) is 2.62. The smallest absolute Gasteiger partial charge is 0.251 e. The highest BCUT2D eigenvalue weighted by Crippen LogP contribution is 2.12. The Kier molecular flexibility index (Phi) is 6.96. The Bertz CT molecular complexity index is 967. The molecule has 0 saturated heterocycles. The molecule has 9 heteroatoms. The Balaban J connectivity index is 1.46. The Hall–Kier alpha value is -2.49. The molecular weight excluding hydrogens is 396 g/mol.